The van der Waals surface area contributed by atoms with Gasteiger partial charge in [0, 0.05) is 30.8 Å². The van der Waals surface area contributed by atoms with Crippen LogP contribution < -0.4 is 10.2 Å². The minimum Gasteiger partial charge on any atom is -0.382 e. The third kappa shape index (κ3) is 5.86. The van der Waals surface area contributed by atoms with E-state index in [4.69, 9.17) is 16.7 Å². The number of carbonyl (C=O) groups excluding carboxylic acids is 1. The van der Waals surface area contributed by atoms with Crippen molar-refractivity contribution in [2.75, 3.05) is 23.3 Å². The fraction of sp³-hybridized carbons (Fsp3) is 0.323. The Labute approximate surface area is 258 Å². The topological polar surface area (TPSA) is 83.3 Å². The minimum absolute atomic E-state index is 0.0920. The summed E-state index contributed by atoms with van der Waals surface area (Å²) in [5.74, 6) is -4.24. The summed E-state index contributed by atoms with van der Waals surface area (Å²) >= 11 is 6.16. The molecule has 1 saturated heterocycles. The smallest absolute Gasteiger partial charge is 0.382 e. The zero-order valence-electron chi connectivity index (χ0n) is 23.4. The maximum atomic E-state index is 14.6. The summed E-state index contributed by atoms with van der Waals surface area (Å²) in [6.45, 7) is 0.438. The Morgan fingerprint density at radius 1 is 0.933 bits per heavy atom. The third-order valence-corrected chi connectivity index (χ3v) is 8.55. The van der Waals surface area contributed by atoms with E-state index in [1.807, 2.05) is 24.3 Å². The molecule has 0 radical (unpaired) electrons. The highest BCUT2D eigenvalue weighted by molar-refractivity contribution is 6.33. The summed E-state index contributed by atoms with van der Waals surface area (Å²) < 4.78 is 84.5. The zero-order valence-corrected chi connectivity index (χ0v) is 24.1. The highest BCUT2D eigenvalue weighted by atomic mass is 35.5. The number of rotatable bonds is 5. The van der Waals surface area contributed by atoms with Gasteiger partial charge in [-0.25, -0.2) is 9.67 Å². The molecule has 2 aliphatic rings. The number of aromatic nitrogens is 3. The van der Waals surface area contributed by atoms with Crippen LogP contribution in [0.15, 0.2) is 72.9 Å². The van der Waals surface area contributed by atoms with Crippen molar-refractivity contribution in [2.24, 2.45) is 0 Å². The molecule has 0 bridgehead atoms. The lowest BCUT2D eigenvalue weighted by Gasteiger charge is -2.35. The van der Waals surface area contributed by atoms with E-state index in [1.54, 1.807) is 41.3 Å². The molecule has 2 N–H and O–H groups in total. The van der Waals surface area contributed by atoms with Gasteiger partial charge in [-0.05, 0) is 30.0 Å². The lowest BCUT2D eigenvalue weighted by Crippen LogP contribution is -2.45. The lowest BCUT2D eigenvalue weighted by atomic mass is 9.82. The van der Waals surface area contributed by atoms with Crippen molar-refractivity contribution in [1.82, 2.24) is 14.8 Å². The number of halogens is 7. The molecule has 45 heavy (non-hydrogen) atoms. The molecule has 0 spiro atoms. The number of nitrogens with zero attached hydrogens (tertiary/aromatic N) is 4. The van der Waals surface area contributed by atoms with Crippen LogP contribution in [0.2, 0.25) is 5.02 Å². The minimum atomic E-state index is -4.97. The van der Waals surface area contributed by atoms with Gasteiger partial charge in [0.1, 0.15) is 29.7 Å². The number of amides is 1. The van der Waals surface area contributed by atoms with Crippen LogP contribution in [0.1, 0.15) is 58.7 Å². The van der Waals surface area contributed by atoms with Crippen LogP contribution in [0.4, 0.5) is 38.0 Å². The summed E-state index contributed by atoms with van der Waals surface area (Å²) in [5, 5.41) is 17.6. The van der Waals surface area contributed by atoms with Crippen LogP contribution in [0, 0.1) is 0 Å². The number of hydrogen-bond acceptors (Lipinski definition) is 5. The lowest BCUT2D eigenvalue weighted by molar-refractivity contribution is -0.177. The normalized spacial score (nSPS) is 19.5. The molecular weight excluding hydrogens is 624 g/mol. The van der Waals surface area contributed by atoms with Crippen molar-refractivity contribution in [3.05, 3.63) is 106 Å². The van der Waals surface area contributed by atoms with Crippen LogP contribution in [0.25, 0.3) is 0 Å². The Balaban J connectivity index is 1.42. The largest absolute Gasteiger partial charge is 0.417 e. The summed E-state index contributed by atoms with van der Waals surface area (Å²) in [5.41, 5.74) is 0.225. The molecule has 236 valence electrons. The first-order chi connectivity index (χ1) is 21.3. The molecule has 2 aromatic heterocycles. The number of nitrogens with one attached hydrogen (secondary N) is 1. The van der Waals surface area contributed by atoms with Gasteiger partial charge in [-0.3, -0.25) is 4.79 Å². The fourth-order valence-corrected chi connectivity index (χ4v) is 6.44. The maximum Gasteiger partial charge on any atom is 0.417 e. The van der Waals surface area contributed by atoms with E-state index in [0.29, 0.717) is 17.3 Å². The van der Waals surface area contributed by atoms with E-state index in [0.717, 1.165) is 6.07 Å². The number of alkyl halides is 6. The first-order valence-corrected chi connectivity index (χ1v) is 14.5. The number of hydrogen-bond donors (Lipinski definition) is 2. The summed E-state index contributed by atoms with van der Waals surface area (Å²) in [6.07, 6.45) is -10.8. The van der Waals surface area contributed by atoms with E-state index < -0.39 is 47.8 Å². The molecule has 6 rings (SSSR count). The Bertz CT molecular complexity index is 1650. The Morgan fingerprint density at radius 3 is 2.02 bits per heavy atom. The van der Waals surface area contributed by atoms with E-state index >= 15 is 0 Å². The zero-order chi connectivity index (χ0) is 32.1. The van der Waals surface area contributed by atoms with Gasteiger partial charge in [-0.15, -0.1) is 0 Å². The van der Waals surface area contributed by atoms with Crippen molar-refractivity contribution in [3.8, 4) is 0 Å². The van der Waals surface area contributed by atoms with Crippen LogP contribution in [0.3, 0.4) is 0 Å². The molecule has 4 heterocycles. The molecule has 0 saturated carbocycles. The summed E-state index contributed by atoms with van der Waals surface area (Å²) in [7, 11) is 0. The van der Waals surface area contributed by atoms with Crippen LogP contribution in [0.5, 0.6) is 0 Å². The van der Waals surface area contributed by atoms with Crippen molar-refractivity contribution < 1.29 is 36.2 Å². The first-order valence-electron chi connectivity index (χ1n) is 14.1. The van der Waals surface area contributed by atoms with E-state index in [2.05, 4.69) is 10.3 Å². The second-order valence-electron chi connectivity index (χ2n) is 11.1. The summed E-state index contributed by atoms with van der Waals surface area (Å²) in [6, 6.07) is 18.1. The predicted molar refractivity (Wildman–Crippen MR) is 154 cm³/mol. The molecular formula is C31H26ClF6N5O2. The van der Waals surface area contributed by atoms with E-state index in [-0.39, 0.29) is 53.8 Å². The standard InChI is InChI=1S/C31H26ClF6N5O2/c32-21-15-20(30(33,34)35)16-39-27(21)42-13-11-17(12-14-42)24-22-23(31(36,37)38)26(44)29(45)40-28(22)43(41-24)25(18-7-3-1-4-8-18)19-9-5-2-6-10-19/h1-10,15-17,23,25-26,44H,11-14H2,(H,40,45)/t23-,26-/m0/s1. The average Bonchev–Trinajstić information content (AvgIpc) is 3.35. The van der Waals surface area contributed by atoms with Gasteiger partial charge in [-0.1, -0.05) is 72.3 Å². The number of carbonyl (C=O) groups is 1. The number of aliphatic hydroxyl groups is 1. The Kier molecular flexibility index (Phi) is 8.02. The first kappa shape index (κ1) is 30.9. The molecule has 0 aliphatic carbocycles. The maximum absolute atomic E-state index is 14.6. The molecule has 2 aliphatic heterocycles. The number of aliphatic hydroxyl groups excluding tert-OH is 1. The summed E-state index contributed by atoms with van der Waals surface area (Å²) in [4.78, 5) is 18.4. The molecule has 7 nitrogen and oxygen atoms in total. The van der Waals surface area contributed by atoms with Gasteiger partial charge in [0.2, 0.25) is 0 Å². The molecule has 1 amide bonds. The van der Waals surface area contributed by atoms with E-state index in [1.165, 1.54) is 4.68 Å². The molecule has 14 heteroatoms. The third-order valence-electron chi connectivity index (χ3n) is 8.27. The highest BCUT2D eigenvalue weighted by Gasteiger charge is 2.55. The number of benzene rings is 2. The second-order valence-corrected chi connectivity index (χ2v) is 11.5. The van der Waals surface area contributed by atoms with E-state index in [9.17, 15) is 36.2 Å². The van der Waals surface area contributed by atoms with Gasteiger partial charge >= 0.3 is 12.4 Å². The Hall–Kier alpha value is -4.10. The average molecular weight is 650 g/mol. The van der Waals surface area contributed by atoms with Gasteiger partial charge < -0.3 is 15.3 Å². The number of anilines is 2. The quantitative estimate of drug-likeness (QED) is 0.229. The second kappa shape index (κ2) is 11.7. The molecule has 2 aromatic carbocycles. The van der Waals surface area contributed by atoms with Gasteiger partial charge in [0.25, 0.3) is 5.91 Å². The Morgan fingerprint density at radius 2 is 1.51 bits per heavy atom. The molecule has 4 aromatic rings. The highest BCUT2D eigenvalue weighted by Crippen LogP contribution is 2.49. The van der Waals surface area contributed by atoms with Gasteiger partial charge in [0.15, 0.2) is 0 Å². The SMILES string of the molecule is O=C1Nc2c(c(C3CCN(c4ncc(C(F)(F)F)cc4Cl)CC3)nn2C(c2ccccc2)c2ccccc2)[C@H](C(F)(F)F)[C@@H]1O. The number of fused-ring (bicyclic) bond motifs is 1. The van der Waals surface area contributed by atoms with Gasteiger partial charge in [0.05, 0.1) is 16.3 Å². The number of piperidine rings is 1. The van der Waals surface area contributed by atoms with Crippen LogP contribution in [-0.2, 0) is 11.0 Å². The fourth-order valence-electron chi connectivity index (χ4n) is 6.16. The van der Waals surface area contributed by atoms with Crippen molar-refractivity contribution >= 4 is 29.1 Å². The van der Waals surface area contributed by atoms with Crippen molar-refractivity contribution in [2.45, 2.75) is 49.2 Å². The van der Waals surface area contributed by atoms with Crippen molar-refractivity contribution in [3.63, 3.8) is 0 Å². The van der Waals surface area contributed by atoms with Crippen LogP contribution >= 0.6 is 11.6 Å². The molecule has 0 unspecified atom stereocenters. The molecule has 2 atom stereocenters. The van der Waals surface area contributed by atoms with Gasteiger partial charge in [-0.2, -0.15) is 31.4 Å². The number of pyridine rings is 1. The van der Waals surface area contributed by atoms with Crippen LogP contribution in [-0.4, -0.2) is 51.1 Å². The monoisotopic (exact) mass is 649 g/mol. The van der Waals surface area contributed by atoms with Crippen molar-refractivity contribution in [1.29, 1.82) is 0 Å². The predicted octanol–water partition coefficient (Wildman–Crippen LogP) is 6.93. The molecule has 1 fully saturated rings.